The summed E-state index contributed by atoms with van der Waals surface area (Å²) in [6.07, 6.45) is 2.37. The predicted molar refractivity (Wildman–Crippen MR) is 65.8 cm³/mol. The minimum absolute atomic E-state index is 0.867. The largest absolute Gasteiger partial charge is 0.370 e. The quantitative estimate of drug-likeness (QED) is 0.789. The smallest absolute Gasteiger partial charge is 0.0639 e. The maximum atomic E-state index is 6.19. The van der Waals surface area contributed by atoms with E-state index in [-0.39, 0.29) is 0 Å². The summed E-state index contributed by atoms with van der Waals surface area (Å²) < 4.78 is 0. The van der Waals surface area contributed by atoms with Crippen molar-refractivity contribution in [2.24, 2.45) is 0 Å². The molecular formula is C12H17ClN2. The van der Waals surface area contributed by atoms with Gasteiger partial charge in [0.1, 0.15) is 0 Å². The zero-order valence-electron chi connectivity index (χ0n) is 8.88. The molecule has 1 N–H and O–H groups in total. The van der Waals surface area contributed by atoms with E-state index in [9.17, 15) is 0 Å². The van der Waals surface area contributed by atoms with E-state index in [1.54, 1.807) is 0 Å². The Morgan fingerprint density at radius 1 is 1.07 bits per heavy atom. The van der Waals surface area contributed by atoms with Gasteiger partial charge in [0.05, 0.1) is 10.7 Å². The van der Waals surface area contributed by atoms with Gasteiger partial charge in [-0.05, 0) is 38.1 Å². The fourth-order valence-electron chi connectivity index (χ4n) is 1.98. The monoisotopic (exact) mass is 224 g/mol. The van der Waals surface area contributed by atoms with Crippen molar-refractivity contribution in [1.82, 2.24) is 5.32 Å². The van der Waals surface area contributed by atoms with E-state index in [0.717, 1.165) is 31.2 Å². The highest BCUT2D eigenvalue weighted by molar-refractivity contribution is 6.33. The highest BCUT2D eigenvalue weighted by Gasteiger charge is 2.10. The molecule has 1 heterocycles. The Bertz CT molecular complexity index is 306. The minimum Gasteiger partial charge on any atom is -0.370 e. The molecule has 0 radical (unpaired) electrons. The Balaban J connectivity index is 2.10. The van der Waals surface area contributed by atoms with E-state index in [1.807, 2.05) is 12.1 Å². The molecule has 1 aliphatic rings. The van der Waals surface area contributed by atoms with Crippen molar-refractivity contribution in [3.05, 3.63) is 29.3 Å². The lowest BCUT2D eigenvalue weighted by Crippen LogP contribution is -2.34. The second kappa shape index (κ2) is 5.38. The van der Waals surface area contributed by atoms with E-state index in [2.05, 4.69) is 22.3 Å². The van der Waals surface area contributed by atoms with Crippen LogP contribution in [-0.4, -0.2) is 26.2 Å². The molecule has 1 aliphatic heterocycles. The molecule has 3 heteroatoms. The number of hydrogen-bond acceptors (Lipinski definition) is 2. The van der Waals surface area contributed by atoms with Crippen LogP contribution in [0.2, 0.25) is 5.02 Å². The predicted octanol–water partition coefficient (Wildman–Crippen LogP) is 2.53. The number of nitrogens with zero attached hydrogens (tertiary/aromatic N) is 1. The molecule has 1 aromatic carbocycles. The number of rotatable bonds is 1. The first-order valence-electron chi connectivity index (χ1n) is 5.58. The Morgan fingerprint density at radius 2 is 1.73 bits per heavy atom. The number of hydrogen-bond donors (Lipinski definition) is 1. The third-order valence-corrected chi connectivity index (χ3v) is 3.08. The highest BCUT2D eigenvalue weighted by atomic mass is 35.5. The third-order valence-electron chi connectivity index (χ3n) is 2.76. The van der Waals surface area contributed by atoms with Crippen LogP contribution in [0, 0.1) is 0 Å². The zero-order chi connectivity index (χ0) is 10.5. The highest BCUT2D eigenvalue weighted by Crippen LogP contribution is 2.25. The molecule has 2 rings (SSSR count). The summed E-state index contributed by atoms with van der Waals surface area (Å²) in [6.45, 7) is 4.41. The fourth-order valence-corrected chi connectivity index (χ4v) is 2.23. The lowest BCUT2D eigenvalue weighted by Gasteiger charge is -2.27. The van der Waals surface area contributed by atoms with Gasteiger partial charge in [0, 0.05) is 13.1 Å². The van der Waals surface area contributed by atoms with E-state index < -0.39 is 0 Å². The van der Waals surface area contributed by atoms with Crippen LogP contribution in [0.4, 0.5) is 5.69 Å². The van der Waals surface area contributed by atoms with Crippen molar-refractivity contribution < 1.29 is 0 Å². The molecule has 0 spiro atoms. The van der Waals surface area contributed by atoms with Crippen molar-refractivity contribution in [2.45, 2.75) is 12.8 Å². The van der Waals surface area contributed by atoms with Gasteiger partial charge in [-0.1, -0.05) is 23.7 Å². The number of para-hydroxylation sites is 1. The first-order valence-corrected chi connectivity index (χ1v) is 5.96. The first-order chi connectivity index (χ1) is 7.38. The summed E-state index contributed by atoms with van der Waals surface area (Å²) in [7, 11) is 0. The lowest BCUT2D eigenvalue weighted by molar-refractivity contribution is 0.567. The van der Waals surface area contributed by atoms with Gasteiger partial charge in [0.25, 0.3) is 0 Å². The zero-order valence-corrected chi connectivity index (χ0v) is 9.63. The number of anilines is 1. The van der Waals surface area contributed by atoms with Crippen molar-refractivity contribution in [3.8, 4) is 0 Å². The van der Waals surface area contributed by atoms with Gasteiger partial charge in [0.2, 0.25) is 0 Å². The van der Waals surface area contributed by atoms with Crippen LogP contribution in [0.5, 0.6) is 0 Å². The van der Waals surface area contributed by atoms with Crippen LogP contribution < -0.4 is 10.2 Å². The summed E-state index contributed by atoms with van der Waals surface area (Å²) in [5.74, 6) is 0. The normalized spacial score (nSPS) is 18.3. The van der Waals surface area contributed by atoms with Crippen LogP contribution in [0.1, 0.15) is 12.8 Å². The molecule has 0 saturated carbocycles. The van der Waals surface area contributed by atoms with Crippen molar-refractivity contribution in [1.29, 1.82) is 0 Å². The van der Waals surface area contributed by atoms with Crippen LogP contribution in [0.3, 0.4) is 0 Å². The van der Waals surface area contributed by atoms with E-state index in [4.69, 9.17) is 11.6 Å². The van der Waals surface area contributed by atoms with Crippen molar-refractivity contribution in [2.75, 3.05) is 31.1 Å². The van der Waals surface area contributed by atoms with Crippen LogP contribution in [0.15, 0.2) is 24.3 Å². The molecule has 15 heavy (non-hydrogen) atoms. The number of benzene rings is 1. The van der Waals surface area contributed by atoms with Gasteiger partial charge in [-0.25, -0.2) is 0 Å². The summed E-state index contributed by atoms with van der Waals surface area (Å²) >= 11 is 6.19. The van der Waals surface area contributed by atoms with E-state index in [1.165, 1.54) is 18.5 Å². The molecule has 0 bridgehead atoms. The molecule has 0 unspecified atom stereocenters. The summed E-state index contributed by atoms with van der Waals surface area (Å²) in [5, 5.41) is 4.28. The molecule has 0 aliphatic carbocycles. The fraction of sp³-hybridized carbons (Fsp3) is 0.500. The minimum atomic E-state index is 0.867. The SMILES string of the molecule is Clc1ccccc1N1CCCNCCC1. The van der Waals surface area contributed by atoms with Crippen LogP contribution >= 0.6 is 11.6 Å². The molecule has 0 aromatic heterocycles. The summed E-state index contributed by atoms with van der Waals surface area (Å²) in [4.78, 5) is 2.39. The molecule has 0 atom stereocenters. The molecule has 1 saturated heterocycles. The average Bonchev–Trinajstić information content (AvgIpc) is 2.19. The van der Waals surface area contributed by atoms with Gasteiger partial charge < -0.3 is 10.2 Å². The van der Waals surface area contributed by atoms with E-state index in [0.29, 0.717) is 0 Å². The van der Waals surface area contributed by atoms with Crippen LogP contribution in [-0.2, 0) is 0 Å². The standard InChI is InChI=1S/C12H17ClN2/c13-11-5-1-2-6-12(11)15-9-3-7-14-8-4-10-15/h1-2,5-6,14H,3-4,7-10H2. The Labute approximate surface area is 96.2 Å². The average molecular weight is 225 g/mol. The van der Waals surface area contributed by atoms with Gasteiger partial charge in [-0.3, -0.25) is 0 Å². The van der Waals surface area contributed by atoms with Gasteiger partial charge >= 0.3 is 0 Å². The number of halogens is 1. The first kappa shape index (κ1) is 10.8. The molecule has 2 nitrogen and oxygen atoms in total. The Kier molecular flexibility index (Phi) is 3.87. The van der Waals surface area contributed by atoms with Crippen molar-refractivity contribution in [3.63, 3.8) is 0 Å². The van der Waals surface area contributed by atoms with Gasteiger partial charge in [0.15, 0.2) is 0 Å². The molecular weight excluding hydrogens is 208 g/mol. The number of nitrogens with one attached hydrogen (secondary N) is 1. The second-order valence-electron chi connectivity index (χ2n) is 3.90. The topological polar surface area (TPSA) is 15.3 Å². The van der Waals surface area contributed by atoms with Crippen LogP contribution in [0.25, 0.3) is 0 Å². The van der Waals surface area contributed by atoms with E-state index >= 15 is 0 Å². The van der Waals surface area contributed by atoms with Gasteiger partial charge in [-0.15, -0.1) is 0 Å². The molecule has 82 valence electrons. The molecule has 0 amide bonds. The summed E-state index contributed by atoms with van der Waals surface area (Å²) in [5.41, 5.74) is 1.18. The third kappa shape index (κ3) is 2.86. The second-order valence-corrected chi connectivity index (χ2v) is 4.30. The molecule has 1 aromatic rings. The molecule has 1 fully saturated rings. The maximum absolute atomic E-state index is 6.19. The van der Waals surface area contributed by atoms with Crippen molar-refractivity contribution >= 4 is 17.3 Å². The van der Waals surface area contributed by atoms with Gasteiger partial charge in [-0.2, -0.15) is 0 Å². The lowest BCUT2D eigenvalue weighted by atomic mass is 10.2. The Morgan fingerprint density at radius 3 is 2.40 bits per heavy atom. The Hall–Kier alpha value is -0.730. The summed E-state index contributed by atoms with van der Waals surface area (Å²) in [6, 6.07) is 8.11. The maximum Gasteiger partial charge on any atom is 0.0639 e.